The van der Waals surface area contributed by atoms with Gasteiger partial charge in [0.15, 0.2) is 0 Å². The van der Waals surface area contributed by atoms with Gasteiger partial charge in [-0.2, -0.15) is 0 Å². The largest absolute Gasteiger partial charge is 0.459 e. The van der Waals surface area contributed by atoms with Gasteiger partial charge in [-0.1, -0.05) is 0 Å². The van der Waals surface area contributed by atoms with Crippen molar-refractivity contribution in [3.05, 3.63) is 0 Å². The van der Waals surface area contributed by atoms with Crippen LogP contribution in [0.25, 0.3) is 0 Å². The summed E-state index contributed by atoms with van der Waals surface area (Å²) in [5.74, 6) is -0.562. The monoisotopic (exact) mass is 211 g/mol. The number of hydrogen-bond acceptors (Lipinski definition) is 3. The highest BCUT2D eigenvalue weighted by Gasteiger charge is 2.53. The van der Waals surface area contributed by atoms with Crippen molar-refractivity contribution in [2.45, 2.75) is 32.6 Å². The first-order chi connectivity index (χ1) is 7.18. The predicted molar refractivity (Wildman–Crippen MR) is 54.0 cm³/mol. The van der Waals surface area contributed by atoms with Crippen molar-refractivity contribution in [1.82, 2.24) is 5.32 Å². The van der Waals surface area contributed by atoms with Gasteiger partial charge < -0.3 is 10.1 Å². The summed E-state index contributed by atoms with van der Waals surface area (Å²) in [6, 6.07) is 0. The third-order valence-electron chi connectivity index (χ3n) is 3.40. The van der Waals surface area contributed by atoms with E-state index in [0.717, 1.165) is 5.92 Å². The summed E-state index contributed by atoms with van der Waals surface area (Å²) in [5, 5.41) is 2.68. The third-order valence-corrected chi connectivity index (χ3v) is 3.40. The molecule has 2 saturated carbocycles. The maximum absolute atomic E-state index is 11.3. The number of esters is 1. The number of amides is 1. The van der Waals surface area contributed by atoms with Crippen LogP contribution in [-0.2, 0) is 14.3 Å². The molecule has 0 saturated heterocycles. The molecule has 0 aromatic rings. The first-order valence-corrected chi connectivity index (χ1v) is 5.63. The second-order valence-corrected chi connectivity index (χ2v) is 4.54. The minimum absolute atomic E-state index is 0.250. The number of carbonyl (C=O) groups is 2. The molecule has 2 rings (SSSR count). The molecule has 0 bridgehead atoms. The van der Waals surface area contributed by atoms with E-state index in [0.29, 0.717) is 12.0 Å². The molecule has 0 aliphatic heterocycles. The van der Waals surface area contributed by atoms with Crippen molar-refractivity contribution >= 4 is 11.9 Å². The number of rotatable bonds is 4. The molecule has 0 radical (unpaired) electrons. The molecule has 0 atom stereocenters. The second kappa shape index (κ2) is 3.83. The van der Waals surface area contributed by atoms with Gasteiger partial charge in [0, 0.05) is 6.54 Å². The van der Waals surface area contributed by atoms with Crippen molar-refractivity contribution in [3.63, 3.8) is 0 Å². The molecular weight excluding hydrogens is 194 g/mol. The Labute approximate surface area is 89.4 Å². The Morgan fingerprint density at radius 3 is 2.53 bits per heavy atom. The average molecular weight is 211 g/mol. The van der Waals surface area contributed by atoms with Crippen LogP contribution in [0.2, 0.25) is 0 Å². The van der Waals surface area contributed by atoms with E-state index >= 15 is 0 Å². The van der Waals surface area contributed by atoms with Crippen LogP contribution in [0.5, 0.6) is 0 Å². The first kappa shape index (κ1) is 10.5. The van der Waals surface area contributed by atoms with Gasteiger partial charge in [-0.3, -0.25) is 4.79 Å². The zero-order chi connectivity index (χ0) is 10.9. The lowest BCUT2D eigenvalue weighted by atomic mass is 10.0. The molecule has 2 aliphatic rings. The summed E-state index contributed by atoms with van der Waals surface area (Å²) in [4.78, 5) is 22.3. The lowest BCUT2D eigenvalue weighted by Crippen LogP contribution is -2.37. The van der Waals surface area contributed by atoms with Crippen LogP contribution in [0.4, 0.5) is 0 Å². The van der Waals surface area contributed by atoms with Gasteiger partial charge in [0.05, 0.1) is 6.61 Å². The van der Waals surface area contributed by atoms with E-state index in [1.807, 2.05) is 0 Å². The van der Waals surface area contributed by atoms with Gasteiger partial charge in [-0.25, -0.2) is 4.79 Å². The van der Waals surface area contributed by atoms with Crippen LogP contribution in [0.15, 0.2) is 0 Å². The van der Waals surface area contributed by atoms with E-state index in [4.69, 9.17) is 0 Å². The highest BCUT2D eigenvalue weighted by atomic mass is 16.5. The summed E-state index contributed by atoms with van der Waals surface area (Å²) in [6.45, 7) is 2.59. The van der Waals surface area contributed by atoms with Gasteiger partial charge in [0.2, 0.25) is 0 Å². The molecule has 1 amide bonds. The van der Waals surface area contributed by atoms with Crippen LogP contribution >= 0.6 is 0 Å². The minimum atomic E-state index is -0.760. The quantitative estimate of drug-likeness (QED) is 0.554. The number of nitrogens with one attached hydrogen (secondary N) is 1. The number of hydrogen-bond donors (Lipinski definition) is 1. The Morgan fingerprint density at radius 1 is 1.40 bits per heavy atom. The molecule has 2 aliphatic carbocycles. The molecule has 2 fully saturated rings. The van der Waals surface area contributed by atoms with E-state index in [1.54, 1.807) is 6.92 Å². The minimum Gasteiger partial charge on any atom is -0.459 e. The van der Waals surface area contributed by atoms with Gasteiger partial charge in [0.1, 0.15) is 0 Å². The molecule has 0 unspecified atom stereocenters. The van der Waals surface area contributed by atoms with Crippen molar-refractivity contribution in [2.24, 2.45) is 11.3 Å². The fourth-order valence-corrected chi connectivity index (χ4v) is 2.11. The maximum atomic E-state index is 11.3. The van der Waals surface area contributed by atoms with Gasteiger partial charge in [0.25, 0.3) is 0 Å². The van der Waals surface area contributed by atoms with Crippen molar-refractivity contribution in [2.75, 3.05) is 13.2 Å². The van der Waals surface area contributed by atoms with E-state index in [2.05, 4.69) is 10.1 Å². The topological polar surface area (TPSA) is 55.4 Å². The van der Waals surface area contributed by atoms with Gasteiger partial charge in [-0.05, 0) is 43.9 Å². The third kappa shape index (κ3) is 2.30. The highest BCUT2D eigenvalue weighted by Crippen LogP contribution is 2.60. The number of carbonyl (C=O) groups excluding carboxylic acids is 2. The second-order valence-electron chi connectivity index (χ2n) is 4.54. The summed E-state index contributed by atoms with van der Waals surface area (Å²) >= 11 is 0. The van der Waals surface area contributed by atoms with Gasteiger partial charge >= 0.3 is 11.9 Å². The maximum Gasteiger partial charge on any atom is 0.396 e. The number of ether oxygens (including phenoxy) is 1. The fourth-order valence-electron chi connectivity index (χ4n) is 2.11. The predicted octanol–water partition coefficient (Wildman–Crippen LogP) is 0.856. The molecule has 4 heteroatoms. The molecule has 1 N–H and O–H groups in total. The van der Waals surface area contributed by atoms with Crippen LogP contribution < -0.4 is 5.32 Å². The van der Waals surface area contributed by atoms with Crippen molar-refractivity contribution in [1.29, 1.82) is 0 Å². The van der Waals surface area contributed by atoms with E-state index < -0.39 is 11.9 Å². The first-order valence-electron chi connectivity index (χ1n) is 5.63. The van der Waals surface area contributed by atoms with Crippen molar-refractivity contribution in [3.8, 4) is 0 Å². The van der Waals surface area contributed by atoms with Gasteiger partial charge in [-0.15, -0.1) is 0 Å². The lowest BCUT2D eigenvalue weighted by molar-refractivity contribution is -0.154. The Morgan fingerprint density at radius 2 is 2.07 bits per heavy atom. The van der Waals surface area contributed by atoms with E-state index in [-0.39, 0.29) is 6.61 Å². The van der Waals surface area contributed by atoms with E-state index in [9.17, 15) is 9.59 Å². The Balaban J connectivity index is 1.73. The van der Waals surface area contributed by atoms with Crippen molar-refractivity contribution < 1.29 is 14.3 Å². The Hall–Kier alpha value is -1.06. The molecule has 0 aromatic carbocycles. The molecule has 15 heavy (non-hydrogen) atoms. The van der Waals surface area contributed by atoms with Crippen LogP contribution in [0.3, 0.4) is 0 Å². The molecule has 84 valence electrons. The molecule has 0 aromatic heterocycles. The standard InChI is InChI=1S/C11H17NO3/c1-2-15-10(14)9(13)12-7-11(5-6-11)8-3-4-8/h8H,2-7H2,1H3,(H,12,13). The smallest absolute Gasteiger partial charge is 0.396 e. The van der Waals surface area contributed by atoms with Crippen LogP contribution in [-0.4, -0.2) is 25.0 Å². The summed E-state index contributed by atoms with van der Waals surface area (Å²) in [6.07, 6.45) is 4.96. The molecule has 4 nitrogen and oxygen atoms in total. The summed E-state index contributed by atoms with van der Waals surface area (Å²) in [5.41, 5.74) is 0.335. The summed E-state index contributed by atoms with van der Waals surface area (Å²) < 4.78 is 4.61. The lowest BCUT2D eigenvalue weighted by Gasteiger charge is -2.14. The zero-order valence-corrected chi connectivity index (χ0v) is 9.04. The molecular formula is C11H17NO3. The Bertz CT molecular complexity index is 280. The van der Waals surface area contributed by atoms with Crippen LogP contribution in [0.1, 0.15) is 32.6 Å². The van der Waals surface area contributed by atoms with E-state index in [1.165, 1.54) is 25.7 Å². The fraction of sp³-hybridized carbons (Fsp3) is 0.818. The average Bonchev–Trinajstić information content (AvgIpc) is 3.04. The zero-order valence-electron chi connectivity index (χ0n) is 9.04. The normalized spacial score (nSPS) is 21.9. The highest BCUT2D eigenvalue weighted by molar-refractivity contribution is 6.32. The Kier molecular flexibility index (Phi) is 2.67. The molecule has 0 heterocycles. The summed E-state index contributed by atoms with van der Waals surface area (Å²) in [7, 11) is 0. The molecule has 0 spiro atoms. The van der Waals surface area contributed by atoms with Crippen LogP contribution in [0, 0.1) is 11.3 Å². The SMILES string of the molecule is CCOC(=O)C(=O)NCC1(C2CC2)CC1.